The lowest BCUT2D eigenvalue weighted by Crippen LogP contribution is -2.11. The van der Waals surface area contributed by atoms with Gasteiger partial charge in [-0.05, 0) is 42.0 Å². The fraction of sp³-hybridized carbons (Fsp3) is 0. The largest absolute Gasteiger partial charge is 0.305 e. The lowest BCUT2D eigenvalue weighted by molar-refractivity contribution is 1.13. The zero-order valence-corrected chi connectivity index (χ0v) is 14.0. The summed E-state index contributed by atoms with van der Waals surface area (Å²) >= 11 is 9.17. The number of hydrogen-bond acceptors (Lipinski definition) is 3. The number of H-pyrrole nitrogens is 1. The number of allylic oxidation sites excluding steroid dienone is 1. The molecule has 0 bridgehead atoms. The first-order valence-electron chi connectivity index (χ1n) is 6.64. The fourth-order valence-corrected chi connectivity index (χ4v) is 2.60. The van der Waals surface area contributed by atoms with Crippen molar-refractivity contribution in [2.75, 3.05) is 0 Å². The Balaban J connectivity index is 2.14. The van der Waals surface area contributed by atoms with Crippen molar-refractivity contribution in [3.05, 3.63) is 73.7 Å². The lowest BCUT2D eigenvalue weighted by Gasteiger charge is -2.03. The van der Waals surface area contributed by atoms with E-state index in [1.165, 1.54) is 0 Å². The monoisotopic (exact) mass is 385 g/mol. The molecule has 3 rings (SSSR count). The Bertz CT molecular complexity index is 1020. The maximum atomic E-state index is 12.2. The van der Waals surface area contributed by atoms with E-state index in [2.05, 4.69) is 32.0 Å². The van der Waals surface area contributed by atoms with Gasteiger partial charge in [0.05, 0.1) is 16.5 Å². The van der Waals surface area contributed by atoms with Gasteiger partial charge in [0, 0.05) is 9.50 Å². The number of halogens is 2. The fourth-order valence-electron chi connectivity index (χ4n) is 2.12. The van der Waals surface area contributed by atoms with Crippen LogP contribution in [0, 0.1) is 11.3 Å². The maximum Gasteiger partial charge on any atom is 0.259 e. The molecule has 1 heterocycles. The average Bonchev–Trinajstić information content (AvgIpc) is 2.55. The molecule has 0 aliphatic rings. The minimum atomic E-state index is -0.288. The zero-order chi connectivity index (χ0) is 16.4. The van der Waals surface area contributed by atoms with Crippen LogP contribution in [0.4, 0.5) is 0 Å². The number of aromatic nitrogens is 2. The van der Waals surface area contributed by atoms with Crippen LogP contribution in [-0.2, 0) is 0 Å². The van der Waals surface area contributed by atoms with Gasteiger partial charge < -0.3 is 4.98 Å². The SMILES string of the molecule is N#C/C(=C\c1ccc(Cl)cc1)c1nc2ccc(Br)cc2c(=O)[nH]1. The number of benzene rings is 2. The molecular formula is C17H9BrClN3O. The molecule has 0 aliphatic heterocycles. The smallest absolute Gasteiger partial charge is 0.259 e. The number of nitrogens with zero attached hydrogens (tertiary/aromatic N) is 2. The van der Waals surface area contributed by atoms with E-state index < -0.39 is 0 Å². The molecule has 0 fully saturated rings. The Morgan fingerprint density at radius 2 is 2.00 bits per heavy atom. The Kier molecular flexibility index (Phi) is 4.28. The Labute approximate surface area is 145 Å². The van der Waals surface area contributed by atoms with E-state index in [1.807, 2.05) is 0 Å². The van der Waals surface area contributed by atoms with Crippen molar-refractivity contribution >= 4 is 50.1 Å². The van der Waals surface area contributed by atoms with Crippen molar-refractivity contribution in [3.63, 3.8) is 0 Å². The summed E-state index contributed by atoms with van der Waals surface area (Å²) in [6.45, 7) is 0. The van der Waals surface area contributed by atoms with Crippen LogP contribution in [0.15, 0.2) is 51.7 Å². The number of nitriles is 1. The molecule has 0 saturated heterocycles. The average molecular weight is 387 g/mol. The van der Waals surface area contributed by atoms with Gasteiger partial charge in [-0.3, -0.25) is 4.79 Å². The van der Waals surface area contributed by atoms with Crippen LogP contribution in [0.5, 0.6) is 0 Å². The summed E-state index contributed by atoms with van der Waals surface area (Å²) in [5.41, 5.74) is 1.31. The number of aromatic amines is 1. The summed E-state index contributed by atoms with van der Waals surface area (Å²) < 4.78 is 0.794. The minimum Gasteiger partial charge on any atom is -0.305 e. The topological polar surface area (TPSA) is 69.5 Å². The van der Waals surface area contributed by atoms with Gasteiger partial charge in [0.25, 0.3) is 5.56 Å². The van der Waals surface area contributed by atoms with Gasteiger partial charge in [-0.25, -0.2) is 4.98 Å². The molecule has 2 aromatic carbocycles. The molecule has 3 aromatic rings. The van der Waals surface area contributed by atoms with Crippen molar-refractivity contribution in [1.82, 2.24) is 9.97 Å². The number of nitrogens with one attached hydrogen (secondary N) is 1. The summed E-state index contributed by atoms with van der Waals surface area (Å²) in [5.74, 6) is 0.238. The van der Waals surface area contributed by atoms with E-state index >= 15 is 0 Å². The van der Waals surface area contributed by atoms with Crippen LogP contribution in [0.2, 0.25) is 5.02 Å². The summed E-state index contributed by atoms with van der Waals surface area (Å²) in [6.07, 6.45) is 1.65. The first-order chi connectivity index (χ1) is 11.1. The van der Waals surface area contributed by atoms with Crippen LogP contribution in [0.25, 0.3) is 22.6 Å². The molecule has 0 unspecified atom stereocenters. The molecule has 1 N–H and O–H groups in total. The molecule has 0 spiro atoms. The molecule has 6 heteroatoms. The summed E-state index contributed by atoms with van der Waals surface area (Å²) in [5, 5.41) is 10.5. The van der Waals surface area contributed by atoms with Gasteiger partial charge in [-0.2, -0.15) is 5.26 Å². The van der Waals surface area contributed by atoms with Gasteiger partial charge in [0.2, 0.25) is 0 Å². The second-order valence-electron chi connectivity index (χ2n) is 4.80. The van der Waals surface area contributed by atoms with Gasteiger partial charge in [-0.1, -0.05) is 39.7 Å². The number of rotatable bonds is 2. The predicted molar refractivity (Wildman–Crippen MR) is 95.0 cm³/mol. The third-order valence-electron chi connectivity index (χ3n) is 3.22. The highest BCUT2D eigenvalue weighted by molar-refractivity contribution is 9.10. The van der Waals surface area contributed by atoms with Gasteiger partial charge >= 0.3 is 0 Å². The summed E-state index contributed by atoms with van der Waals surface area (Å²) in [6, 6.07) is 14.3. The minimum absolute atomic E-state index is 0.238. The van der Waals surface area contributed by atoms with E-state index in [9.17, 15) is 10.1 Å². The zero-order valence-electron chi connectivity index (χ0n) is 11.7. The highest BCUT2D eigenvalue weighted by atomic mass is 79.9. The molecular weight excluding hydrogens is 378 g/mol. The highest BCUT2D eigenvalue weighted by Gasteiger charge is 2.08. The molecule has 0 aliphatic carbocycles. The van der Waals surface area contributed by atoms with E-state index in [-0.39, 0.29) is 17.0 Å². The van der Waals surface area contributed by atoms with Crippen LogP contribution in [0.1, 0.15) is 11.4 Å². The van der Waals surface area contributed by atoms with Crippen LogP contribution >= 0.6 is 27.5 Å². The number of hydrogen-bond donors (Lipinski definition) is 1. The van der Waals surface area contributed by atoms with Crippen LogP contribution in [-0.4, -0.2) is 9.97 Å². The third-order valence-corrected chi connectivity index (χ3v) is 3.97. The summed E-state index contributed by atoms with van der Waals surface area (Å²) in [4.78, 5) is 19.2. The Morgan fingerprint density at radius 3 is 2.70 bits per heavy atom. The molecule has 23 heavy (non-hydrogen) atoms. The summed E-state index contributed by atoms with van der Waals surface area (Å²) in [7, 11) is 0. The Morgan fingerprint density at radius 1 is 1.26 bits per heavy atom. The third kappa shape index (κ3) is 3.34. The standard InChI is InChI=1S/C17H9BrClN3O/c18-12-3-6-15-14(8-12)17(23)22-16(21-15)11(9-20)7-10-1-4-13(19)5-2-10/h1-8H,(H,21,22,23)/b11-7+. The molecule has 0 radical (unpaired) electrons. The van der Waals surface area contributed by atoms with Crippen LogP contribution < -0.4 is 5.56 Å². The Hall–Kier alpha value is -2.42. The van der Waals surface area contributed by atoms with E-state index in [1.54, 1.807) is 48.5 Å². The molecule has 4 nitrogen and oxygen atoms in total. The van der Waals surface area contributed by atoms with Gasteiger partial charge in [0.1, 0.15) is 6.07 Å². The molecule has 0 saturated carbocycles. The first-order valence-corrected chi connectivity index (χ1v) is 7.81. The highest BCUT2D eigenvalue weighted by Crippen LogP contribution is 2.19. The van der Waals surface area contributed by atoms with Crippen molar-refractivity contribution in [2.24, 2.45) is 0 Å². The van der Waals surface area contributed by atoms with Crippen LogP contribution in [0.3, 0.4) is 0 Å². The molecule has 112 valence electrons. The van der Waals surface area contributed by atoms with Gasteiger partial charge in [0.15, 0.2) is 5.82 Å². The number of fused-ring (bicyclic) bond motifs is 1. The molecule has 0 amide bonds. The van der Waals surface area contributed by atoms with Crippen molar-refractivity contribution in [2.45, 2.75) is 0 Å². The second kappa shape index (κ2) is 6.37. The van der Waals surface area contributed by atoms with Gasteiger partial charge in [-0.15, -0.1) is 0 Å². The predicted octanol–water partition coefficient (Wildman–Crippen LogP) is 4.40. The quantitative estimate of drug-likeness (QED) is 0.664. The first kappa shape index (κ1) is 15.5. The van der Waals surface area contributed by atoms with Crippen molar-refractivity contribution < 1.29 is 0 Å². The normalized spacial score (nSPS) is 11.4. The maximum absolute atomic E-state index is 12.2. The molecule has 1 aromatic heterocycles. The second-order valence-corrected chi connectivity index (χ2v) is 6.15. The lowest BCUT2D eigenvalue weighted by atomic mass is 10.1. The van der Waals surface area contributed by atoms with E-state index in [0.29, 0.717) is 15.9 Å². The van der Waals surface area contributed by atoms with Crippen molar-refractivity contribution in [1.29, 1.82) is 5.26 Å². The molecule has 0 atom stereocenters. The van der Waals surface area contributed by atoms with E-state index in [0.717, 1.165) is 10.0 Å². The van der Waals surface area contributed by atoms with E-state index in [4.69, 9.17) is 11.6 Å². The van der Waals surface area contributed by atoms with Crippen molar-refractivity contribution in [3.8, 4) is 6.07 Å².